The van der Waals surface area contributed by atoms with Crippen LogP contribution < -0.4 is 30.2 Å². The molecule has 4 aliphatic rings. The average Bonchev–Trinajstić information content (AvgIpc) is 3.82. The fourth-order valence-corrected chi connectivity index (χ4v) is 12.6. The second kappa shape index (κ2) is 20.1. The molecule has 2 saturated heterocycles. The maximum absolute atomic E-state index is 10.4. The van der Waals surface area contributed by atoms with Crippen LogP contribution in [0.2, 0.25) is 0 Å². The number of H-pyrrole nitrogens is 1. The van der Waals surface area contributed by atoms with Gasteiger partial charge < -0.3 is 40.3 Å². The Hall–Kier alpha value is -5.40. The van der Waals surface area contributed by atoms with Gasteiger partial charge in [-0.25, -0.2) is 4.98 Å². The van der Waals surface area contributed by atoms with Crippen LogP contribution in [0.5, 0.6) is 23.0 Å². The van der Waals surface area contributed by atoms with Gasteiger partial charge in [0.25, 0.3) is 0 Å². The monoisotopic (exact) mass is 950 g/mol. The van der Waals surface area contributed by atoms with Crippen LogP contribution in [0.1, 0.15) is 101 Å². The van der Waals surface area contributed by atoms with Crippen LogP contribution in [0.4, 0.5) is 17.1 Å². The number of piperazine rings is 1. The molecule has 11 nitrogen and oxygen atoms in total. The van der Waals surface area contributed by atoms with Crippen molar-refractivity contribution < 1.29 is 19.3 Å². The number of benzene rings is 4. The van der Waals surface area contributed by atoms with Gasteiger partial charge >= 0.3 is 0 Å². The summed E-state index contributed by atoms with van der Waals surface area (Å²) >= 11 is 1.67. The van der Waals surface area contributed by atoms with Crippen molar-refractivity contribution in [1.29, 1.82) is 0 Å². The molecule has 0 amide bonds. The van der Waals surface area contributed by atoms with Gasteiger partial charge in [0.15, 0.2) is 11.5 Å². The molecule has 0 radical (unpaired) electrons. The molecule has 0 bridgehead atoms. The van der Waals surface area contributed by atoms with Crippen molar-refractivity contribution in [3.05, 3.63) is 120 Å². The van der Waals surface area contributed by atoms with Crippen LogP contribution in [-0.2, 0) is 6.54 Å². The van der Waals surface area contributed by atoms with Gasteiger partial charge in [0, 0.05) is 86.1 Å². The lowest BCUT2D eigenvalue weighted by Gasteiger charge is -2.58. The van der Waals surface area contributed by atoms with Crippen molar-refractivity contribution >= 4 is 39.9 Å². The first-order valence-electron chi connectivity index (χ1n) is 25.3. The van der Waals surface area contributed by atoms with Gasteiger partial charge in [0.1, 0.15) is 17.1 Å². The van der Waals surface area contributed by atoms with Crippen LogP contribution in [-0.4, -0.2) is 90.0 Å². The van der Waals surface area contributed by atoms with Crippen LogP contribution in [0.25, 0.3) is 11.0 Å². The molecule has 4 fully saturated rings. The summed E-state index contributed by atoms with van der Waals surface area (Å²) in [7, 11) is 3.41. The minimum atomic E-state index is -0.530. The molecule has 4 heterocycles. The maximum Gasteiger partial charge on any atom is 0.161 e. The Bertz CT molecular complexity index is 2710. The lowest BCUT2D eigenvalue weighted by atomic mass is 9.59. The van der Waals surface area contributed by atoms with Crippen molar-refractivity contribution in [3.8, 4) is 23.0 Å². The number of piperidine rings is 1. The van der Waals surface area contributed by atoms with Gasteiger partial charge in [-0.15, -0.1) is 0 Å². The van der Waals surface area contributed by atoms with Crippen LogP contribution in [0, 0.1) is 11.3 Å². The summed E-state index contributed by atoms with van der Waals surface area (Å²) in [5.74, 6) is 4.07. The van der Waals surface area contributed by atoms with Crippen LogP contribution in [0.3, 0.4) is 0 Å². The third kappa shape index (κ3) is 10.6. The van der Waals surface area contributed by atoms with Gasteiger partial charge in [0.2, 0.25) is 0 Å². The Morgan fingerprint density at radius 2 is 1.67 bits per heavy atom. The van der Waals surface area contributed by atoms with Crippen molar-refractivity contribution in [2.45, 2.75) is 112 Å². The maximum atomic E-state index is 10.4. The molecular weight excluding hydrogens is 879 g/mol. The molecule has 0 unspecified atom stereocenters. The molecular formula is C57H71N7O4S. The first-order valence-corrected chi connectivity index (χ1v) is 26.1. The zero-order chi connectivity index (χ0) is 47.7. The van der Waals surface area contributed by atoms with Gasteiger partial charge in [0.05, 0.1) is 42.3 Å². The first kappa shape index (κ1) is 47.3. The van der Waals surface area contributed by atoms with E-state index in [1.807, 2.05) is 31.3 Å². The number of aliphatic hydroxyl groups is 1. The molecule has 364 valence electrons. The summed E-state index contributed by atoms with van der Waals surface area (Å²) in [5, 5.41) is 15.0. The number of methoxy groups -OCH3 is 2. The molecule has 2 aliphatic heterocycles. The standard InChI is InChI=1S/C57H71N7O4S/c1-38(2)46-8-6-7-9-47(46)50-37-62(36-40-10-14-51(66-4)52(28-40)67-5)26-27-64(50)43-32-57(33-43)21-24-63(25-22-57)42-11-15-54(53(30-42)68-44-29-41-18-23-59-55(41)61-35-44)69-45-12-13-49(48(58)31-45)60-34-39-16-19-56(3,65)20-17-39/h6-15,18,23,28-31,35,38-39,43,50,60,65H,16-17,19-22,24-27,32-34,36-37,58H2,1-5H3,(H,59,61)/t39?,50-,56?/m0/s1. The predicted molar refractivity (Wildman–Crippen MR) is 280 cm³/mol. The summed E-state index contributed by atoms with van der Waals surface area (Å²) in [6.07, 6.45) is 12.4. The second-order valence-corrected chi connectivity index (χ2v) is 22.1. The summed E-state index contributed by atoms with van der Waals surface area (Å²) in [4.78, 5) is 18.0. The molecule has 10 rings (SSSR count). The Balaban J connectivity index is 0.815. The fourth-order valence-electron chi connectivity index (χ4n) is 11.7. The molecule has 1 spiro atoms. The predicted octanol–water partition coefficient (Wildman–Crippen LogP) is 11.9. The van der Waals surface area contributed by atoms with Gasteiger partial charge in [-0.3, -0.25) is 9.80 Å². The molecule has 2 saturated carbocycles. The van der Waals surface area contributed by atoms with Crippen molar-refractivity contribution in [3.63, 3.8) is 0 Å². The molecule has 6 aromatic rings. The molecule has 1 atom stereocenters. The Kier molecular flexibility index (Phi) is 13.8. The van der Waals surface area contributed by atoms with Crippen LogP contribution >= 0.6 is 11.8 Å². The fraction of sp³-hybridized carbons (Fsp3) is 0.456. The Morgan fingerprint density at radius 1 is 0.870 bits per heavy atom. The van der Waals surface area contributed by atoms with E-state index < -0.39 is 5.60 Å². The number of nitrogen functional groups attached to an aromatic ring is 1. The summed E-state index contributed by atoms with van der Waals surface area (Å²) in [6.45, 7) is 13.5. The average molecular weight is 950 g/mol. The van der Waals surface area contributed by atoms with Crippen molar-refractivity contribution in [2.24, 2.45) is 11.3 Å². The summed E-state index contributed by atoms with van der Waals surface area (Å²) in [6, 6.07) is 33.5. The lowest BCUT2D eigenvalue weighted by Crippen LogP contribution is -2.60. The zero-order valence-electron chi connectivity index (χ0n) is 41.2. The normalized spacial score (nSPS) is 22.2. The minimum Gasteiger partial charge on any atom is -0.493 e. The van der Waals surface area contributed by atoms with Crippen molar-refractivity contribution in [2.75, 3.05) is 69.4 Å². The van der Waals surface area contributed by atoms with E-state index in [2.05, 4.69) is 117 Å². The van der Waals surface area contributed by atoms with E-state index in [-0.39, 0.29) is 0 Å². The van der Waals surface area contributed by atoms with E-state index in [9.17, 15) is 5.11 Å². The van der Waals surface area contributed by atoms with Gasteiger partial charge in [-0.2, -0.15) is 0 Å². The third-order valence-electron chi connectivity index (χ3n) is 15.9. The number of nitrogens with two attached hydrogens (primary N) is 1. The number of rotatable bonds is 15. The number of ether oxygens (including phenoxy) is 3. The highest BCUT2D eigenvalue weighted by molar-refractivity contribution is 7.99. The number of hydrogen-bond acceptors (Lipinski definition) is 11. The topological polar surface area (TPSA) is 124 Å². The quantitative estimate of drug-likeness (QED) is 0.0736. The van der Waals surface area contributed by atoms with E-state index in [0.717, 1.165) is 121 Å². The molecule has 4 aromatic carbocycles. The smallest absolute Gasteiger partial charge is 0.161 e. The Morgan fingerprint density at radius 3 is 2.43 bits per heavy atom. The van der Waals surface area contributed by atoms with E-state index >= 15 is 0 Å². The summed E-state index contributed by atoms with van der Waals surface area (Å²) in [5.41, 5.74) is 14.4. The van der Waals surface area contributed by atoms with Crippen LogP contribution in [0.15, 0.2) is 113 Å². The number of anilines is 3. The minimum absolute atomic E-state index is 0.348. The van der Waals surface area contributed by atoms with Crippen molar-refractivity contribution in [1.82, 2.24) is 19.8 Å². The van der Waals surface area contributed by atoms with E-state index in [4.69, 9.17) is 19.9 Å². The first-order chi connectivity index (χ1) is 33.4. The molecule has 69 heavy (non-hydrogen) atoms. The number of hydrogen-bond donors (Lipinski definition) is 4. The van der Waals surface area contributed by atoms with Gasteiger partial charge in [-0.05, 0) is 147 Å². The van der Waals surface area contributed by atoms with E-state index in [1.165, 1.54) is 48.1 Å². The lowest BCUT2D eigenvalue weighted by molar-refractivity contribution is -0.0628. The number of pyridine rings is 1. The SMILES string of the molecule is COc1ccc(CN2CCN(C3CC4(CCN(c5ccc(Sc6ccc(NCC7CCC(C)(O)CC7)c(N)c6)c(Oc6cnc7[nH]ccc7c6)c5)CC4)C3)[C@H](c3ccccc3C(C)C)C2)cc1OC. The number of nitrogens with zero attached hydrogens (tertiary/aromatic N) is 4. The molecule has 12 heteroatoms. The highest BCUT2D eigenvalue weighted by Gasteiger charge is 2.50. The van der Waals surface area contributed by atoms with E-state index in [1.54, 1.807) is 32.2 Å². The highest BCUT2D eigenvalue weighted by atomic mass is 32.2. The third-order valence-corrected chi connectivity index (χ3v) is 16.9. The highest BCUT2D eigenvalue weighted by Crippen LogP contribution is 2.54. The second-order valence-electron chi connectivity index (χ2n) is 21.0. The number of aromatic amines is 1. The van der Waals surface area contributed by atoms with E-state index in [0.29, 0.717) is 35.1 Å². The zero-order valence-corrected chi connectivity index (χ0v) is 42.0. The molecule has 2 aliphatic carbocycles. The number of nitrogens with one attached hydrogen (secondary N) is 2. The molecule has 2 aromatic heterocycles. The largest absolute Gasteiger partial charge is 0.493 e. The molecule has 5 N–H and O–H groups in total. The Labute approximate surface area is 413 Å². The summed E-state index contributed by atoms with van der Waals surface area (Å²) < 4.78 is 18.0. The van der Waals surface area contributed by atoms with Gasteiger partial charge in [-0.1, -0.05) is 55.9 Å². The number of fused-ring (bicyclic) bond motifs is 1. The number of aromatic nitrogens is 2.